The van der Waals surface area contributed by atoms with Crippen LogP contribution in [-0.2, 0) is 9.53 Å². The monoisotopic (exact) mass is 322 g/mol. The van der Waals surface area contributed by atoms with Gasteiger partial charge in [-0.3, -0.25) is 4.79 Å². The van der Waals surface area contributed by atoms with Crippen LogP contribution in [0.4, 0.5) is 0 Å². The second kappa shape index (κ2) is 6.48. The molecule has 0 fully saturated rings. The van der Waals surface area contributed by atoms with Crippen molar-refractivity contribution in [1.29, 1.82) is 0 Å². The van der Waals surface area contributed by atoms with Crippen molar-refractivity contribution >= 4 is 11.6 Å². The summed E-state index contributed by atoms with van der Waals surface area (Å²) in [7, 11) is 1.44. The summed E-state index contributed by atoms with van der Waals surface area (Å²) in [5.74, 6) is -0.572. The van der Waals surface area contributed by atoms with E-state index >= 15 is 0 Å². The minimum Gasteiger partial charge on any atom is -0.469 e. The van der Waals surface area contributed by atoms with Crippen LogP contribution in [0.1, 0.15) is 36.1 Å². The molecule has 0 radical (unpaired) electrons. The smallest absolute Gasteiger partial charge is 0.314 e. The molecule has 0 amide bonds. The SMILES string of the molecule is CCC(C(=O)OC)c1c(-c2ccc(C)cc2)nc2ccc(C)cn12. The first-order valence-electron chi connectivity index (χ1n) is 8.18. The molecular weight excluding hydrogens is 300 g/mol. The largest absolute Gasteiger partial charge is 0.469 e. The van der Waals surface area contributed by atoms with E-state index in [2.05, 4.69) is 31.2 Å². The van der Waals surface area contributed by atoms with Crippen molar-refractivity contribution in [1.82, 2.24) is 9.38 Å². The lowest BCUT2D eigenvalue weighted by atomic mass is 9.97. The van der Waals surface area contributed by atoms with Gasteiger partial charge in [-0.1, -0.05) is 42.8 Å². The average molecular weight is 322 g/mol. The third-order valence-electron chi connectivity index (χ3n) is 4.35. The molecule has 124 valence electrons. The molecule has 3 rings (SSSR count). The first-order chi connectivity index (χ1) is 11.5. The third kappa shape index (κ3) is 2.80. The second-order valence-corrected chi connectivity index (χ2v) is 6.13. The van der Waals surface area contributed by atoms with Gasteiger partial charge in [-0.2, -0.15) is 0 Å². The lowest BCUT2D eigenvalue weighted by Crippen LogP contribution is -2.16. The Morgan fingerprint density at radius 2 is 1.79 bits per heavy atom. The van der Waals surface area contributed by atoms with E-state index in [4.69, 9.17) is 9.72 Å². The fraction of sp³-hybridized carbons (Fsp3) is 0.300. The van der Waals surface area contributed by atoms with Gasteiger partial charge in [0, 0.05) is 11.8 Å². The Balaban J connectivity index is 2.29. The summed E-state index contributed by atoms with van der Waals surface area (Å²) in [6, 6.07) is 12.3. The summed E-state index contributed by atoms with van der Waals surface area (Å²) in [6.07, 6.45) is 2.69. The maximum absolute atomic E-state index is 12.3. The number of methoxy groups -OCH3 is 1. The highest BCUT2D eigenvalue weighted by atomic mass is 16.5. The number of aryl methyl sites for hydroxylation is 2. The lowest BCUT2D eigenvalue weighted by Gasteiger charge is -2.15. The molecule has 0 N–H and O–H groups in total. The minimum atomic E-state index is -0.344. The predicted molar refractivity (Wildman–Crippen MR) is 95.2 cm³/mol. The predicted octanol–water partition coefficient (Wildman–Crippen LogP) is 4.28. The molecular formula is C20H22N2O2. The second-order valence-electron chi connectivity index (χ2n) is 6.13. The Hall–Kier alpha value is -2.62. The number of nitrogens with zero attached hydrogens (tertiary/aromatic N) is 2. The molecule has 3 aromatic rings. The highest BCUT2D eigenvalue weighted by Crippen LogP contribution is 2.33. The molecule has 1 atom stereocenters. The molecule has 0 aliphatic rings. The molecule has 2 aromatic heterocycles. The fourth-order valence-electron chi connectivity index (χ4n) is 3.04. The summed E-state index contributed by atoms with van der Waals surface area (Å²) in [5, 5.41) is 0. The molecule has 24 heavy (non-hydrogen) atoms. The summed E-state index contributed by atoms with van der Waals surface area (Å²) >= 11 is 0. The number of imidazole rings is 1. The van der Waals surface area contributed by atoms with Gasteiger partial charge in [0.15, 0.2) is 0 Å². The zero-order valence-electron chi connectivity index (χ0n) is 14.5. The summed E-state index contributed by atoms with van der Waals surface area (Å²) in [4.78, 5) is 17.1. The van der Waals surface area contributed by atoms with E-state index < -0.39 is 0 Å². The Morgan fingerprint density at radius 1 is 1.12 bits per heavy atom. The van der Waals surface area contributed by atoms with Crippen LogP contribution in [0.15, 0.2) is 42.6 Å². The van der Waals surface area contributed by atoms with Crippen LogP contribution < -0.4 is 0 Å². The maximum Gasteiger partial charge on any atom is 0.314 e. The number of pyridine rings is 1. The topological polar surface area (TPSA) is 43.6 Å². The first-order valence-corrected chi connectivity index (χ1v) is 8.18. The maximum atomic E-state index is 12.3. The average Bonchev–Trinajstić information content (AvgIpc) is 2.94. The van der Waals surface area contributed by atoms with Gasteiger partial charge in [-0.15, -0.1) is 0 Å². The van der Waals surface area contributed by atoms with Gasteiger partial charge in [0.25, 0.3) is 0 Å². The zero-order valence-corrected chi connectivity index (χ0v) is 14.5. The summed E-state index contributed by atoms with van der Waals surface area (Å²) < 4.78 is 7.06. The Morgan fingerprint density at radius 3 is 2.42 bits per heavy atom. The van der Waals surface area contributed by atoms with E-state index in [1.165, 1.54) is 12.7 Å². The molecule has 4 nitrogen and oxygen atoms in total. The minimum absolute atomic E-state index is 0.228. The molecule has 1 unspecified atom stereocenters. The van der Waals surface area contributed by atoms with Gasteiger partial charge in [0.05, 0.1) is 24.4 Å². The lowest BCUT2D eigenvalue weighted by molar-refractivity contribution is -0.142. The summed E-state index contributed by atoms with van der Waals surface area (Å²) in [6.45, 7) is 6.09. The van der Waals surface area contributed by atoms with Crippen molar-refractivity contribution in [3.05, 3.63) is 59.4 Å². The van der Waals surface area contributed by atoms with E-state index in [1.54, 1.807) is 0 Å². The fourth-order valence-corrected chi connectivity index (χ4v) is 3.04. The molecule has 0 spiro atoms. The van der Waals surface area contributed by atoms with Crippen LogP contribution in [0.25, 0.3) is 16.9 Å². The standard InChI is InChI=1S/C20H22N2O2/c1-5-16(20(23)24-4)19-18(15-9-6-13(2)7-10-15)21-17-11-8-14(3)12-22(17)19/h6-12,16H,5H2,1-4H3. The van der Waals surface area contributed by atoms with Crippen molar-refractivity contribution in [3.8, 4) is 11.3 Å². The van der Waals surface area contributed by atoms with Crippen molar-refractivity contribution in [2.24, 2.45) is 0 Å². The molecule has 0 saturated heterocycles. The van der Waals surface area contributed by atoms with Gasteiger partial charge in [0.2, 0.25) is 0 Å². The molecule has 0 bridgehead atoms. The van der Waals surface area contributed by atoms with E-state index in [0.717, 1.165) is 28.2 Å². The highest BCUT2D eigenvalue weighted by Gasteiger charge is 2.27. The van der Waals surface area contributed by atoms with Crippen LogP contribution in [0, 0.1) is 13.8 Å². The van der Waals surface area contributed by atoms with Crippen LogP contribution in [0.3, 0.4) is 0 Å². The van der Waals surface area contributed by atoms with E-state index in [-0.39, 0.29) is 11.9 Å². The van der Waals surface area contributed by atoms with Crippen molar-refractivity contribution in [2.45, 2.75) is 33.1 Å². The number of aromatic nitrogens is 2. The van der Waals surface area contributed by atoms with Crippen molar-refractivity contribution in [2.75, 3.05) is 7.11 Å². The Labute approximate surface area is 142 Å². The van der Waals surface area contributed by atoms with Crippen molar-refractivity contribution < 1.29 is 9.53 Å². The quantitative estimate of drug-likeness (QED) is 0.673. The van der Waals surface area contributed by atoms with Crippen LogP contribution in [0.2, 0.25) is 0 Å². The Bertz CT molecular complexity index is 879. The first kappa shape index (κ1) is 16.2. The molecule has 0 aliphatic heterocycles. The number of esters is 1. The number of hydrogen-bond donors (Lipinski definition) is 0. The number of benzene rings is 1. The molecule has 1 aromatic carbocycles. The normalized spacial score (nSPS) is 12.3. The molecule has 0 saturated carbocycles. The number of fused-ring (bicyclic) bond motifs is 1. The number of hydrogen-bond acceptors (Lipinski definition) is 3. The van der Waals surface area contributed by atoms with E-state index in [9.17, 15) is 4.79 Å². The molecule has 2 heterocycles. The number of rotatable bonds is 4. The molecule has 0 aliphatic carbocycles. The van der Waals surface area contributed by atoms with Gasteiger partial charge in [0.1, 0.15) is 5.65 Å². The summed E-state index contributed by atoms with van der Waals surface area (Å²) in [5.41, 5.74) is 5.91. The van der Waals surface area contributed by atoms with E-state index in [0.29, 0.717) is 6.42 Å². The third-order valence-corrected chi connectivity index (χ3v) is 4.35. The van der Waals surface area contributed by atoms with Crippen LogP contribution in [0.5, 0.6) is 0 Å². The Kier molecular flexibility index (Phi) is 4.38. The highest BCUT2D eigenvalue weighted by molar-refractivity contribution is 5.82. The van der Waals surface area contributed by atoms with Crippen LogP contribution >= 0.6 is 0 Å². The zero-order chi connectivity index (χ0) is 17.3. The van der Waals surface area contributed by atoms with Gasteiger partial charge in [-0.05, 0) is 31.9 Å². The van der Waals surface area contributed by atoms with Crippen LogP contribution in [-0.4, -0.2) is 22.5 Å². The van der Waals surface area contributed by atoms with Gasteiger partial charge in [-0.25, -0.2) is 4.98 Å². The number of ether oxygens (including phenoxy) is 1. The van der Waals surface area contributed by atoms with E-state index in [1.807, 2.05) is 36.6 Å². The van der Waals surface area contributed by atoms with Gasteiger partial charge < -0.3 is 9.14 Å². The van der Waals surface area contributed by atoms with Gasteiger partial charge >= 0.3 is 5.97 Å². The van der Waals surface area contributed by atoms with Crippen molar-refractivity contribution in [3.63, 3.8) is 0 Å². The number of carbonyl (C=O) groups is 1. The molecule has 4 heteroatoms. The number of carbonyl (C=O) groups excluding carboxylic acids is 1.